The molecular weight excluding hydrogens is 388 g/mol. The first kappa shape index (κ1) is 21.3. The van der Waals surface area contributed by atoms with Gasteiger partial charge in [-0.05, 0) is 42.3 Å². The van der Waals surface area contributed by atoms with Crippen molar-refractivity contribution in [3.05, 3.63) is 70.7 Å². The van der Waals surface area contributed by atoms with Crippen LogP contribution < -0.4 is 0 Å². The highest BCUT2D eigenvalue weighted by molar-refractivity contribution is 6.30. The average Bonchev–Trinajstić information content (AvgIpc) is 2.73. The number of amides is 2. The number of rotatable bonds is 6. The molecule has 2 aromatic rings. The topological polar surface area (TPSA) is 49.9 Å². The predicted octanol–water partition coefficient (Wildman–Crippen LogP) is 3.98. The Bertz CT molecular complexity index is 824. The molecule has 0 aromatic heterocycles. The quantitative estimate of drug-likeness (QED) is 0.718. The Balaban J connectivity index is 1.68. The van der Waals surface area contributed by atoms with Gasteiger partial charge in [0.1, 0.15) is 0 Å². The van der Waals surface area contributed by atoms with E-state index in [1.54, 1.807) is 29.2 Å². The molecular formula is C23H27ClN2O3. The number of ether oxygens (including phenoxy) is 1. The maximum Gasteiger partial charge on any atom is 0.254 e. The van der Waals surface area contributed by atoms with Crippen LogP contribution in [0.4, 0.5) is 0 Å². The number of hydrogen-bond acceptors (Lipinski definition) is 3. The first-order valence-electron chi connectivity index (χ1n) is 9.95. The van der Waals surface area contributed by atoms with Crippen molar-refractivity contribution >= 4 is 23.4 Å². The van der Waals surface area contributed by atoms with E-state index in [4.69, 9.17) is 16.3 Å². The number of carbonyl (C=O) groups is 2. The van der Waals surface area contributed by atoms with Crippen molar-refractivity contribution in [2.45, 2.75) is 20.0 Å². The molecule has 1 saturated heterocycles. The van der Waals surface area contributed by atoms with Gasteiger partial charge in [-0.25, -0.2) is 0 Å². The molecule has 1 aliphatic rings. The van der Waals surface area contributed by atoms with E-state index in [1.165, 1.54) is 0 Å². The smallest absolute Gasteiger partial charge is 0.254 e. The maximum atomic E-state index is 13.0. The van der Waals surface area contributed by atoms with Crippen molar-refractivity contribution < 1.29 is 14.3 Å². The summed E-state index contributed by atoms with van der Waals surface area (Å²) in [5, 5.41) is 0.602. The third-order valence-electron chi connectivity index (χ3n) is 4.83. The van der Waals surface area contributed by atoms with E-state index in [0.29, 0.717) is 54.9 Å². The lowest BCUT2D eigenvalue weighted by atomic mass is 10.1. The van der Waals surface area contributed by atoms with E-state index >= 15 is 0 Å². The number of halogens is 1. The standard InChI is InChI=1S/C23H27ClN2O3/c1-17(2)14-26(23(28)18-6-4-3-5-7-18)16-21-15-25(12-13-29-21)22(27)19-8-10-20(24)11-9-19/h3-11,17,21H,12-16H2,1-2H3. The molecule has 0 radical (unpaired) electrons. The van der Waals surface area contributed by atoms with Gasteiger partial charge in [-0.2, -0.15) is 0 Å². The molecule has 1 heterocycles. The van der Waals surface area contributed by atoms with Crippen molar-refractivity contribution in [1.82, 2.24) is 9.80 Å². The van der Waals surface area contributed by atoms with Crippen LogP contribution in [-0.4, -0.2) is 60.5 Å². The normalized spacial score (nSPS) is 16.7. The molecule has 0 saturated carbocycles. The van der Waals surface area contributed by atoms with Crippen molar-refractivity contribution in [1.29, 1.82) is 0 Å². The third kappa shape index (κ3) is 5.81. The van der Waals surface area contributed by atoms with E-state index < -0.39 is 0 Å². The van der Waals surface area contributed by atoms with Crippen LogP contribution in [0.5, 0.6) is 0 Å². The molecule has 1 atom stereocenters. The molecule has 2 aromatic carbocycles. The summed E-state index contributed by atoms with van der Waals surface area (Å²) in [5.41, 5.74) is 1.27. The first-order chi connectivity index (χ1) is 13.9. The zero-order chi connectivity index (χ0) is 20.8. The van der Waals surface area contributed by atoms with E-state index in [2.05, 4.69) is 13.8 Å². The van der Waals surface area contributed by atoms with Gasteiger partial charge in [0.25, 0.3) is 11.8 Å². The Kier molecular flexibility index (Phi) is 7.29. The number of benzene rings is 2. The summed E-state index contributed by atoms with van der Waals surface area (Å²) in [7, 11) is 0. The van der Waals surface area contributed by atoms with Crippen LogP contribution in [0.1, 0.15) is 34.6 Å². The van der Waals surface area contributed by atoms with Gasteiger partial charge in [-0.3, -0.25) is 9.59 Å². The maximum absolute atomic E-state index is 13.0. The molecule has 0 N–H and O–H groups in total. The largest absolute Gasteiger partial charge is 0.373 e. The summed E-state index contributed by atoms with van der Waals surface area (Å²) in [6.07, 6.45) is -0.216. The molecule has 6 heteroatoms. The van der Waals surface area contributed by atoms with Gasteiger partial charge in [-0.15, -0.1) is 0 Å². The first-order valence-corrected chi connectivity index (χ1v) is 10.3. The Labute approximate surface area is 177 Å². The van der Waals surface area contributed by atoms with Gasteiger partial charge in [-0.1, -0.05) is 43.6 Å². The van der Waals surface area contributed by atoms with Gasteiger partial charge in [0.2, 0.25) is 0 Å². The van der Waals surface area contributed by atoms with Crippen LogP contribution in [0, 0.1) is 5.92 Å². The molecule has 0 spiro atoms. The number of carbonyl (C=O) groups excluding carboxylic acids is 2. The van der Waals surface area contributed by atoms with E-state index in [9.17, 15) is 9.59 Å². The van der Waals surface area contributed by atoms with Crippen molar-refractivity contribution in [3.8, 4) is 0 Å². The molecule has 0 aliphatic carbocycles. The van der Waals surface area contributed by atoms with Gasteiger partial charge >= 0.3 is 0 Å². The van der Waals surface area contributed by atoms with Crippen molar-refractivity contribution in [2.24, 2.45) is 5.92 Å². The fourth-order valence-corrected chi connectivity index (χ4v) is 3.61. The fraction of sp³-hybridized carbons (Fsp3) is 0.391. The molecule has 154 valence electrons. The monoisotopic (exact) mass is 414 g/mol. The van der Waals surface area contributed by atoms with Crippen molar-refractivity contribution in [2.75, 3.05) is 32.8 Å². The highest BCUT2D eigenvalue weighted by Crippen LogP contribution is 2.16. The van der Waals surface area contributed by atoms with Crippen LogP contribution in [0.15, 0.2) is 54.6 Å². The summed E-state index contributed by atoms with van der Waals surface area (Å²) in [6.45, 7) is 6.72. The summed E-state index contributed by atoms with van der Waals surface area (Å²) in [5.74, 6) is 0.280. The van der Waals surface area contributed by atoms with Crippen LogP contribution in [0.3, 0.4) is 0 Å². The summed E-state index contributed by atoms with van der Waals surface area (Å²) in [4.78, 5) is 29.4. The van der Waals surface area contributed by atoms with Gasteiger partial charge < -0.3 is 14.5 Å². The van der Waals surface area contributed by atoms with E-state index in [1.807, 2.05) is 35.2 Å². The number of morpholine rings is 1. The fourth-order valence-electron chi connectivity index (χ4n) is 3.48. The lowest BCUT2D eigenvalue weighted by molar-refractivity contribution is -0.0340. The average molecular weight is 415 g/mol. The molecule has 1 aliphatic heterocycles. The summed E-state index contributed by atoms with van der Waals surface area (Å²) < 4.78 is 5.90. The van der Waals surface area contributed by atoms with Crippen LogP contribution in [0.25, 0.3) is 0 Å². The van der Waals surface area contributed by atoms with Gasteiger partial charge in [0.15, 0.2) is 0 Å². The zero-order valence-corrected chi connectivity index (χ0v) is 17.6. The minimum atomic E-state index is -0.216. The lowest BCUT2D eigenvalue weighted by Gasteiger charge is -2.36. The zero-order valence-electron chi connectivity index (χ0n) is 16.9. The Morgan fingerprint density at radius 3 is 2.45 bits per heavy atom. The Hall–Kier alpha value is -2.37. The molecule has 0 bridgehead atoms. The van der Waals surface area contributed by atoms with Crippen LogP contribution >= 0.6 is 11.6 Å². The minimum Gasteiger partial charge on any atom is -0.373 e. The highest BCUT2D eigenvalue weighted by atomic mass is 35.5. The molecule has 1 unspecified atom stereocenters. The molecule has 1 fully saturated rings. The van der Waals surface area contributed by atoms with Gasteiger partial charge in [0.05, 0.1) is 12.7 Å². The lowest BCUT2D eigenvalue weighted by Crippen LogP contribution is -2.51. The van der Waals surface area contributed by atoms with E-state index in [0.717, 1.165) is 0 Å². The minimum absolute atomic E-state index is 0.0101. The Morgan fingerprint density at radius 2 is 1.79 bits per heavy atom. The Morgan fingerprint density at radius 1 is 1.10 bits per heavy atom. The van der Waals surface area contributed by atoms with Crippen LogP contribution in [0.2, 0.25) is 5.02 Å². The summed E-state index contributed by atoms with van der Waals surface area (Å²) >= 11 is 5.92. The third-order valence-corrected chi connectivity index (χ3v) is 5.09. The molecule has 5 nitrogen and oxygen atoms in total. The number of nitrogens with zero attached hydrogens (tertiary/aromatic N) is 2. The SMILES string of the molecule is CC(C)CN(CC1CN(C(=O)c2ccc(Cl)cc2)CCO1)C(=O)c1ccccc1. The molecule has 29 heavy (non-hydrogen) atoms. The molecule has 3 rings (SSSR count). The van der Waals surface area contributed by atoms with Gasteiger partial charge in [0, 0.05) is 42.3 Å². The second-order valence-corrected chi connectivity index (χ2v) is 8.16. The predicted molar refractivity (Wildman–Crippen MR) is 114 cm³/mol. The van der Waals surface area contributed by atoms with Crippen LogP contribution in [-0.2, 0) is 4.74 Å². The second-order valence-electron chi connectivity index (χ2n) is 7.72. The van der Waals surface area contributed by atoms with E-state index in [-0.39, 0.29) is 17.9 Å². The van der Waals surface area contributed by atoms with Crippen molar-refractivity contribution in [3.63, 3.8) is 0 Å². The summed E-state index contributed by atoms with van der Waals surface area (Å²) in [6, 6.07) is 16.2. The molecule has 2 amide bonds. The second kappa shape index (κ2) is 9.90. The highest BCUT2D eigenvalue weighted by Gasteiger charge is 2.28. The number of hydrogen-bond donors (Lipinski definition) is 0.